The van der Waals surface area contributed by atoms with Crippen LogP contribution in [0.1, 0.15) is 13.3 Å². The van der Waals surface area contributed by atoms with Crippen molar-refractivity contribution in [2.75, 3.05) is 44.0 Å². The van der Waals surface area contributed by atoms with Crippen LogP contribution < -0.4 is 5.32 Å². The van der Waals surface area contributed by atoms with Gasteiger partial charge in [0.25, 0.3) is 0 Å². The van der Waals surface area contributed by atoms with Crippen molar-refractivity contribution in [1.82, 2.24) is 19.6 Å². The number of nitrogens with zero attached hydrogens (tertiary/aromatic N) is 4. The minimum atomic E-state index is -0.0390. The van der Waals surface area contributed by atoms with Gasteiger partial charge in [0, 0.05) is 37.1 Å². The van der Waals surface area contributed by atoms with Crippen molar-refractivity contribution in [3.05, 3.63) is 12.3 Å². The third-order valence-corrected chi connectivity index (χ3v) is 4.60. The Hall–Kier alpha value is -1.21. The lowest BCUT2D eigenvalue weighted by atomic mass is 10.2. The Morgan fingerprint density at radius 2 is 2.33 bits per heavy atom. The number of amides is 2. The van der Waals surface area contributed by atoms with Gasteiger partial charge in [-0.2, -0.15) is 16.9 Å². The fourth-order valence-electron chi connectivity index (χ4n) is 2.23. The highest BCUT2D eigenvalue weighted by Gasteiger charge is 2.22. The van der Waals surface area contributed by atoms with E-state index in [1.807, 2.05) is 47.7 Å². The first-order valence-electron chi connectivity index (χ1n) is 7.40. The Morgan fingerprint density at radius 1 is 1.52 bits per heavy atom. The van der Waals surface area contributed by atoms with Crippen molar-refractivity contribution in [2.24, 2.45) is 0 Å². The highest BCUT2D eigenvalue weighted by atomic mass is 32.2. The minimum absolute atomic E-state index is 0.0390. The lowest BCUT2D eigenvalue weighted by Gasteiger charge is -2.26. The first-order chi connectivity index (χ1) is 10.1. The minimum Gasteiger partial charge on any atom is -0.321 e. The third kappa shape index (κ3) is 4.93. The number of likely N-dealkylation sites (N-methyl/N-ethyl adjacent to an activating group) is 1. The summed E-state index contributed by atoms with van der Waals surface area (Å²) in [5.74, 6) is 2.77. The number of hydrogen-bond acceptors (Lipinski definition) is 4. The summed E-state index contributed by atoms with van der Waals surface area (Å²) in [6.45, 7) is 4.66. The molecule has 1 saturated heterocycles. The monoisotopic (exact) mass is 311 g/mol. The van der Waals surface area contributed by atoms with Crippen LogP contribution in [0.4, 0.5) is 10.6 Å². The predicted octanol–water partition coefficient (Wildman–Crippen LogP) is 1.80. The summed E-state index contributed by atoms with van der Waals surface area (Å²) in [5, 5.41) is 7.30. The molecule has 0 bridgehead atoms. The van der Waals surface area contributed by atoms with Crippen LogP contribution in [0.15, 0.2) is 12.3 Å². The van der Waals surface area contributed by atoms with E-state index in [4.69, 9.17) is 0 Å². The van der Waals surface area contributed by atoms with Gasteiger partial charge in [-0.1, -0.05) is 0 Å². The maximum absolute atomic E-state index is 12.4. The number of urea groups is 1. The van der Waals surface area contributed by atoms with E-state index in [1.165, 1.54) is 0 Å². The average molecular weight is 311 g/mol. The number of thioether (sulfide) groups is 1. The summed E-state index contributed by atoms with van der Waals surface area (Å²) >= 11 is 1.91. The van der Waals surface area contributed by atoms with Gasteiger partial charge in [-0.15, -0.1) is 0 Å². The number of rotatable bonds is 4. The zero-order valence-corrected chi connectivity index (χ0v) is 13.9. The third-order valence-electron chi connectivity index (χ3n) is 3.60. The van der Waals surface area contributed by atoms with Crippen LogP contribution >= 0.6 is 11.8 Å². The van der Waals surface area contributed by atoms with Crippen LogP contribution in [0.25, 0.3) is 0 Å². The molecule has 1 aliphatic heterocycles. The number of nitrogens with one attached hydrogen (secondary N) is 1. The van der Waals surface area contributed by atoms with Crippen molar-refractivity contribution in [3.63, 3.8) is 0 Å². The van der Waals surface area contributed by atoms with Gasteiger partial charge in [0.15, 0.2) is 5.82 Å². The van der Waals surface area contributed by atoms with Crippen LogP contribution in [0.3, 0.4) is 0 Å². The van der Waals surface area contributed by atoms with E-state index in [1.54, 1.807) is 0 Å². The molecule has 0 aromatic carbocycles. The Kier molecular flexibility index (Phi) is 5.93. The summed E-state index contributed by atoms with van der Waals surface area (Å²) in [5.41, 5.74) is 0. The standard InChI is InChI=1S/C14H25N5OS/c1-12-5-10-21-11-9-19(12)14(20)15-13-4-6-18(16-13)8-7-17(2)3/h4,6,12H,5,7-11H2,1-3H3,(H,15,16,20)/t12-/m0/s1. The summed E-state index contributed by atoms with van der Waals surface area (Å²) < 4.78 is 1.86. The fraction of sp³-hybridized carbons (Fsp3) is 0.714. The van der Waals surface area contributed by atoms with Gasteiger partial charge in [0.2, 0.25) is 0 Å². The van der Waals surface area contributed by atoms with Crippen molar-refractivity contribution in [3.8, 4) is 0 Å². The van der Waals surface area contributed by atoms with Gasteiger partial charge >= 0.3 is 6.03 Å². The van der Waals surface area contributed by atoms with E-state index in [0.717, 1.165) is 37.6 Å². The molecule has 118 valence electrons. The lowest BCUT2D eigenvalue weighted by Crippen LogP contribution is -2.42. The van der Waals surface area contributed by atoms with Crippen molar-refractivity contribution < 1.29 is 4.79 Å². The largest absolute Gasteiger partial charge is 0.323 e. The van der Waals surface area contributed by atoms with Gasteiger partial charge in [0.1, 0.15) is 0 Å². The highest BCUT2D eigenvalue weighted by molar-refractivity contribution is 7.99. The van der Waals surface area contributed by atoms with E-state index < -0.39 is 0 Å². The van der Waals surface area contributed by atoms with Gasteiger partial charge in [0.05, 0.1) is 6.54 Å². The lowest BCUT2D eigenvalue weighted by molar-refractivity contribution is 0.197. The summed E-state index contributed by atoms with van der Waals surface area (Å²) in [6, 6.07) is 2.10. The van der Waals surface area contributed by atoms with Crippen molar-refractivity contribution in [2.45, 2.75) is 25.9 Å². The molecular weight excluding hydrogens is 286 g/mol. The van der Waals surface area contributed by atoms with E-state index in [-0.39, 0.29) is 12.1 Å². The molecule has 1 aromatic heterocycles. The van der Waals surface area contributed by atoms with Crippen molar-refractivity contribution >= 4 is 23.6 Å². The van der Waals surface area contributed by atoms with Gasteiger partial charge < -0.3 is 9.80 Å². The Labute approximate surface area is 130 Å². The maximum atomic E-state index is 12.4. The van der Waals surface area contributed by atoms with Crippen molar-refractivity contribution in [1.29, 1.82) is 0 Å². The zero-order valence-electron chi connectivity index (χ0n) is 13.1. The van der Waals surface area contributed by atoms with E-state index in [9.17, 15) is 4.79 Å². The molecule has 0 radical (unpaired) electrons. The quantitative estimate of drug-likeness (QED) is 0.921. The van der Waals surface area contributed by atoms with E-state index in [0.29, 0.717) is 5.82 Å². The van der Waals surface area contributed by atoms with Gasteiger partial charge in [-0.05, 0) is 33.2 Å². The molecule has 0 saturated carbocycles. The molecule has 2 amide bonds. The fourth-order valence-corrected chi connectivity index (χ4v) is 3.27. The molecule has 1 atom stereocenters. The Bertz CT molecular complexity index is 462. The predicted molar refractivity (Wildman–Crippen MR) is 87.9 cm³/mol. The number of anilines is 1. The Morgan fingerprint density at radius 3 is 3.10 bits per heavy atom. The topological polar surface area (TPSA) is 53.4 Å². The first kappa shape index (κ1) is 16.2. The number of hydrogen-bond donors (Lipinski definition) is 1. The maximum Gasteiger partial charge on any atom is 0.323 e. The summed E-state index contributed by atoms with van der Waals surface area (Å²) in [4.78, 5) is 16.4. The molecule has 1 aliphatic rings. The molecule has 1 fully saturated rings. The number of aromatic nitrogens is 2. The van der Waals surface area contributed by atoms with E-state index >= 15 is 0 Å². The molecule has 1 N–H and O–H groups in total. The second kappa shape index (κ2) is 7.70. The zero-order chi connectivity index (χ0) is 15.2. The molecule has 21 heavy (non-hydrogen) atoms. The molecular formula is C14H25N5OS. The second-order valence-corrected chi connectivity index (χ2v) is 6.87. The van der Waals surface area contributed by atoms with E-state index in [2.05, 4.69) is 22.2 Å². The van der Waals surface area contributed by atoms with Gasteiger partial charge in [-0.3, -0.25) is 10.00 Å². The average Bonchev–Trinajstić information content (AvgIpc) is 2.76. The molecule has 0 aliphatic carbocycles. The molecule has 2 heterocycles. The van der Waals surface area contributed by atoms with Crippen LogP contribution in [0, 0.1) is 0 Å². The number of carbonyl (C=O) groups is 1. The molecule has 7 heteroatoms. The van der Waals surface area contributed by atoms with Crippen LogP contribution in [0.2, 0.25) is 0 Å². The highest BCUT2D eigenvalue weighted by Crippen LogP contribution is 2.17. The Balaban J connectivity index is 1.89. The number of carbonyl (C=O) groups excluding carboxylic acids is 1. The van der Waals surface area contributed by atoms with Gasteiger partial charge in [-0.25, -0.2) is 4.79 Å². The smallest absolute Gasteiger partial charge is 0.321 e. The molecule has 6 nitrogen and oxygen atoms in total. The molecule has 0 spiro atoms. The summed E-state index contributed by atoms with van der Waals surface area (Å²) in [6.07, 6.45) is 2.95. The van der Waals surface area contributed by atoms with Crippen LogP contribution in [-0.4, -0.2) is 70.3 Å². The first-order valence-corrected chi connectivity index (χ1v) is 8.55. The molecule has 2 rings (SSSR count). The summed E-state index contributed by atoms with van der Waals surface area (Å²) in [7, 11) is 4.07. The second-order valence-electron chi connectivity index (χ2n) is 5.64. The normalized spacial score (nSPS) is 19.6. The van der Waals surface area contributed by atoms with Crippen LogP contribution in [-0.2, 0) is 6.54 Å². The van der Waals surface area contributed by atoms with Crippen LogP contribution in [0.5, 0.6) is 0 Å². The SMILES string of the molecule is C[C@H]1CCSCCN1C(=O)Nc1ccn(CCN(C)C)n1. The molecule has 1 aromatic rings. The molecule has 0 unspecified atom stereocenters.